The van der Waals surface area contributed by atoms with Crippen molar-refractivity contribution in [2.75, 3.05) is 19.6 Å². The summed E-state index contributed by atoms with van der Waals surface area (Å²) < 4.78 is 2.06. The van der Waals surface area contributed by atoms with Crippen molar-refractivity contribution in [1.29, 1.82) is 0 Å². The molecule has 2 N–H and O–H groups in total. The number of aromatic amines is 1. The quantitative estimate of drug-likeness (QED) is 0.705. The predicted molar refractivity (Wildman–Crippen MR) is 106 cm³/mol. The lowest BCUT2D eigenvalue weighted by Crippen LogP contribution is -2.46. The lowest BCUT2D eigenvalue weighted by molar-refractivity contribution is 0.159. The number of rotatable bonds is 5. The highest BCUT2D eigenvalue weighted by Crippen LogP contribution is 2.18. The van der Waals surface area contributed by atoms with Gasteiger partial charge in [-0.2, -0.15) is 0 Å². The molecule has 0 unspecified atom stereocenters. The first-order valence-corrected chi connectivity index (χ1v) is 9.65. The van der Waals surface area contributed by atoms with Crippen LogP contribution in [0.15, 0.2) is 47.8 Å². The van der Waals surface area contributed by atoms with E-state index in [9.17, 15) is 9.59 Å². The minimum absolute atomic E-state index is 0.0570. The third kappa shape index (κ3) is 4.21. The SMILES string of the molecule is O=C(NCCc1nc2ccccc2c(=O)[nH]1)N1CCC[C@H](Cn2ccnc2)C1. The van der Waals surface area contributed by atoms with Gasteiger partial charge in [0.15, 0.2) is 0 Å². The van der Waals surface area contributed by atoms with Crippen LogP contribution in [0.5, 0.6) is 0 Å². The molecule has 2 amide bonds. The Bertz CT molecular complexity index is 997. The Morgan fingerprint density at radius 2 is 2.21 bits per heavy atom. The maximum atomic E-state index is 12.5. The number of hydrogen-bond donors (Lipinski definition) is 2. The van der Waals surface area contributed by atoms with Gasteiger partial charge in [0.2, 0.25) is 0 Å². The second-order valence-corrected chi connectivity index (χ2v) is 7.23. The molecule has 28 heavy (non-hydrogen) atoms. The Balaban J connectivity index is 1.30. The van der Waals surface area contributed by atoms with E-state index in [1.807, 2.05) is 35.6 Å². The first-order chi connectivity index (χ1) is 13.7. The van der Waals surface area contributed by atoms with Crippen molar-refractivity contribution < 1.29 is 4.79 Å². The van der Waals surface area contributed by atoms with Crippen LogP contribution in [0, 0.1) is 5.92 Å². The zero-order valence-corrected chi connectivity index (χ0v) is 15.7. The number of likely N-dealkylation sites (tertiary alicyclic amines) is 1. The van der Waals surface area contributed by atoms with Crippen molar-refractivity contribution in [3.8, 4) is 0 Å². The van der Waals surface area contributed by atoms with Crippen molar-refractivity contribution in [2.24, 2.45) is 5.92 Å². The van der Waals surface area contributed by atoms with Crippen molar-refractivity contribution in [1.82, 2.24) is 29.7 Å². The molecular weight excluding hydrogens is 356 g/mol. The third-order valence-corrected chi connectivity index (χ3v) is 5.13. The number of urea groups is 1. The number of carbonyl (C=O) groups excluding carboxylic acids is 1. The summed E-state index contributed by atoms with van der Waals surface area (Å²) in [6, 6.07) is 7.19. The van der Waals surface area contributed by atoms with Gasteiger partial charge in [0.1, 0.15) is 5.82 Å². The number of aromatic nitrogens is 4. The molecule has 1 aromatic carbocycles. The van der Waals surface area contributed by atoms with E-state index < -0.39 is 0 Å². The molecule has 8 heteroatoms. The fourth-order valence-electron chi connectivity index (χ4n) is 3.74. The van der Waals surface area contributed by atoms with E-state index in [-0.39, 0.29) is 11.6 Å². The molecular formula is C20H24N6O2. The standard InChI is InChI=1S/C20H24N6O2/c27-19-16-5-1-2-6-17(16)23-18(24-19)7-8-22-20(28)26-10-3-4-15(13-26)12-25-11-9-21-14-25/h1-2,5-6,9,11,14-15H,3-4,7-8,10,12-13H2,(H,22,28)(H,23,24,27)/t15-/m1/s1. The molecule has 3 heterocycles. The summed E-state index contributed by atoms with van der Waals surface area (Å²) in [5.74, 6) is 1.02. The largest absolute Gasteiger partial charge is 0.338 e. The maximum absolute atomic E-state index is 12.5. The Morgan fingerprint density at radius 1 is 1.32 bits per heavy atom. The lowest BCUT2D eigenvalue weighted by atomic mass is 9.98. The van der Waals surface area contributed by atoms with Gasteiger partial charge < -0.3 is 19.8 Å². The average Bonchev–Trinajstić information content (AvgIpc) is 3.21. The molecule has 0 radical (unpaired) electrons. The average molecular weight is 380 g/mol. The van der Waals surface area contributed by atoms with Gasteiger partial charge in [-0.1, -0.05) is 12.1 Å². The fourth-order valence-corrected chi connectivity index (χ4v) is 3.74. The molecule has 1 fully saturated rings. The lowest BCUT2D eigenvalue weighted by Gasteiger charge is -2.33. The summed E-state index contributed by atoms with van der Waals surface area (Å²) in [4.78, 5) is 37.8. The second kappa shape index (κ2) is 8.24. The van der Waals surface area contributed by atoms with Gasteiger partial charge in [-0.3, -0.25) is 4.79 Å². The normalized spacial score (nSPS) is 17.0. The zero-order valence-electron chi connectivity index (χ0n) is 15.7. The first-order valence-electron chi connectivity index (χ1n) is 9.65. The molecule has 8 nitrogen and oxygen atoms in total. The van der Waals surface area contributed by atoms with E-state index >= 15 is 0 Å². The predicted octanol–water partition coefficient (Wildman–Crippen LogP) is 1.78. The van der Waals surface area contributed by atoms with Gasteiger partial charge in [0.05, 0.1) is 17.2 Å². The van der Waals surface area contributed by atoms with E-state index in [1.54, 1.807) is 12.3 Å². The van der Waals surface area contributed by atoms with Gasteiger partial charge in [0, 0.05) is 45.0 Å². The Labute approximate surface area is 162 Å². The monoisotopic (exact) mass is 380 g/mol. The van der Waals surface area contributed by atoms with Crippen LogP contribution >= 0.6 is 0 Å². The smallest absolute Gasteiger partial charge is 0.317 e. The number of nitrogens with zero attached hydrogens (tertiary/aromatic N) is 4. The van der Waals surface area contributed by atoms with Crippen molar-refractivity contribution in [2.45, 2.75) is 25.8 Å². The van der Waals surface area contributed by atoms with Crippen LogP contribution in [-0.4, -0.2) is 50.1 Å². The van der Waals surface area contributed by atoms with E-state index in [2.05, 4.69) is 24.8 Å². The van der Waals surface area contributed by atoms with Crippen LogP contribution in [0.25, 0.3) is 10.9 Å². The molecule has 1 atom stereocenters. The summed E-state index contributed by atoms with van der Waals surface area (Å²) in [6.07, 6.45) is 8.15. The number of benzene rings is 1. The van der Waals surface area contributed by atoms with E-state index in [0.29, 0.717) is 35.6 Å². The second-order valence-electron chi connectivity index (χ2n) is 7.23. The van der Waals surface area contributed by atoms with Gasteiger partial charge >= 0.3 is 6.03 Å². The van der Waals surface area contributed by atoms with E-state index in [4.69, 9.17) is 0 Å². The Morgan fingerprint density at radius 3 is 3.07 bits per heavy atom. The van der Waals surface area contributed by atoms with Crippen LogP contribution in [0.4, 0.5) is 4.79 Å². The highest BCUT2D eigenvalue weighted by Gasteiger charge is 2.23. The van der Waals surface area contributed by atoms with Crippen LogP contribution in [-0.2, 0) is 13.0 Å². The van der Waals surface area contributed by atoms with Crippen LogP contribution in [0.1, 0.15) is 18.7 Å². The number of para-hydroxylation sites is 1. The van der Waals surface area contributed by atoms with E-state index in [1.165, 1.54) is 0 Å². The molecule has 0 spiro atoms. The zero-order chi connectivity index (χ0) is 19.3. The molecule has 0 bridgehead atoms. The first kappa shape index (κ1) is 18.2. The molecule has 1 aliphatic rings. The number of H-pyrrole nitrogens is 1. The molecule has 0 saturated carbocycles. The fraction of sp³-hybridized carbons (Fsp3) is 0.400. The summed E-state index contributed by atoms with van der Waals surface area (Å²) in [6.45, 7) is 2.83. The topological polar surface area (TPSA) is 95.9 Å². The van der Waals surface area contributed by atoms with Gasteiger partial charge in [-0.25, -0.2) is 14.8 Å². The highest BCUT2D eigenvalue weighted by atomic mass is 16.2. The minimum atomic E-state index is -0.148. The summed E-state index contributed by atoms with van der Waals surface area (Å²) in [7, 11) is 0. The number of hydrogen-bond acceptors (Lipinski definition) is 4. The Kier molecular flexibility index (Phi) is 5.36. The molecule has 1 saturated heterocycles. The number of imidazole rings is 1. The van der Waals surface area contributed by atoms with Gasteiger partial charge in [0.25, 0.3) is 5.56 Å². The van der Waals surface area contributed by atoms with Crippen LogP contribution < -0.4 is 10.9 Å². The number of carbonyl (C=O) groups is 1. The Hall–Kier alpha value is -3.16. The van der Waals surface area contributed by atoms with Crippen molar-refractivity contribution in [3.63, 3.8) is 0 Å². The van der Waals surface area contributed by atoms with E-state index in [0.717, 1.165) is 32.5 Å². The minimum Gasteiger partial charge on any atom is -0.338 e. The number of nitrogens with one attached hydrogen (secondary N) is 2. The third-order valence-electron chi connectivity index (χ3n) is 5.13. The van der Waals surface area contributed by atoms with Gasteiger partial charge in [-0.15, -0.1) is 0 Å². The molecule has 4 rings (SSSR count). The summed E-state index contributed by atoms with van der Waals surface area (Å²) in [5.41, 5.74) is 0.524. The van der Waals surface area contributed by atoms with Crippen LogP contribution in [0.2, 0.25) is 0 Å². The molecule has 146 valence electrons. The number of piperidine rings is 1. The molecule has 2 aromatic heterocycles. The molecule has 3 aromatic rings. The number of amides is 2. The van der Waals surface area contributed by atoms with Crippen molar-refractivity contribution in [3.05, 3.63) is 59.2 Å². The summed E-state index contributed by atoms with van der Waals surface area (Å²) in [5, 5.41) is 3.53. The highest BCUT2D eigenvalue weighted by molar-refractivity contribution is 5.77. The van der Waals surface area contributed by atoms with Crippen molar-refractivity contribution >= 4 is 16.9 Å². The summed E-state index contributed by atoms with van der Waals surface area (Å²) >= 11 is 0. The van der Waals surface area contributed by atoms with Gasteiger partial charge in [-0.05, 0) is 30.9 Å². The molecule has 1 aliphatic heterocycles. The number of fused-ring (bicyclic) bond motifs is 1. The molecule has 0 aliphatic carbocycles. The van der Waals surface area contributed by atoms with Crippen LogP contribution in [0.3, 0.4) is 0 Å². The maximum Gasteiger partial charge on any atom is 0.317 e.